The second kappa shape index (κ2) is 7.26. The molecule has 1 aromatic rings. The third kappa shape index (κ3) is 4.44. The van der Waals surface area contributed by atoms with Gasteiger partial charge in [0.25, 0.3) is 0 Å². The maximum absolute atomic E-state index is 13.7. The van der Waals surface area contributed by atoms with E-state index >= 15 is 0 Å². The van der Waals surface area contributed by atoms with Gasteiger partial charge in [-0.05, 0) is 50.7 Å². The van der Waals surface area contributed by atoms with E-state index in [2.05, 4.69) is 29.3 Å². The summed E-state index contributed by atoms with van der Waals surface area (Å²) >= 11 is 0. The van der Waals surface area contributed by atoms with Gasteiger partial charge < -0.3 is 9.80 Å². The second-order valence-corrected chi connectivity index (χ2v) is 5.94. The highest BCUT2D eigenvalue weighted by Gasteiger charge is 2.25. The molecule has 3 N–H and O–H groups in total. The van der Waals surface area contributed by atoms with Crippen molar-refractivity contribution in [2.45, 2.75) is 24.9 Å². The molecule has 118 valence electrons. The second-order valence-electron chi connectivity index (χ2n) is 5.94. The minimum Gasteiger partial charge on any atom is -0.304 e. The van der Waals surface area contributed by atoms with Crippen molar-refractivity contribution in [3.05, 3.63) is 35.4 Å². The number of nitrogens with zero attached hydrogens (tertiary/aromatic N) is 2. The maximum Gasteiger partial charge on any atom is 0.126 e. The zero-order valence-electron chi connectivity index (χ0n) is 12.6. The summed E-state index contributed by atoms with van der Waals surface area (Å²) in [5.41, 5.74) is 3.11. The number of halogens is 2. The molecule has 0 bridgehead atoms. The highest BCUT2D eigenvalue weighted by atomic mass is 19.1. The Balaban J connectivity index is 2.01. The summed E-state index contributed by atoms with van der Waals surface area (Å²) in [7, 11) is 4.19. The summed E-state index contributed by atoms with van der Waals surface area (Å²) < 4.78 is 27.0. The van der Waals surface area contributed by atoms with Gasteiger partial charge in [-0.3, -0.25) is 11.3 Å². The van der Waals surface area contributed by atoms with Gasteiger partial charge in [0.15, 0.2) is 0 Å². The molecule has 0 saturated carbocycles. The average Bonchev–Trinajstić information content (AvgIpc) is 2.45. The van der Waals surface area contributed by atoms with E-state index in [0.29, 0.717) is 18.0 Å². The molecule has 0 spiro atoms. The third-order valence-electron chi connectivity index (χ3n) is 4.25. The average molecular weight is 298 g/mol. The van der Waals surface area contributed by atoms with Crippen molar-refractivity contribution in [2.75, 3.05) is 33.7 Å². The monoisotopic (exact) mass is 298 g/mol. The molecule has 6 heteroatoms. The van der Waals surface area contributed by atoms with E-state index in [1.54, 1.807) is 0 Å². The summed E-state index contributed by atoms with van der Waals surface area (Å²) in [5.74, 6) is 4.80. The van der Waals surface area contributed by atoms with Crippen molar-refractivity contribution in [1.29, 1.82) is 0 Å². The van der Waals surface area contributed by atoms with Gasteiger partial charge in [0, 0.05) is 31.7 Å². The number of rotatable bonds is 5. The summed E-state index contributed by atoms with van der Waals surface area (Å²) in [5, 5.41) is 0. The van der Waals surface area contributed by atoms with Crippen molar-refractivity contribution in [3.8, 4) is 0 Å². The summed E-state index contributed by atoms with van der Waals surface area (Å²) in [6.45, 7) is 3.01. The van der Waals surface area contributed by atoms with Crippen LogP contribution in [0.15, 0.2) is 18.2 Å². The first-order valence-electron chi connectivity index (χ1n) is 7.28. The number of nitrogens with two attached hydrogens (primary N) is 1. The number of nitrogens with one attached hydrogen (secondary N) is 1. The first-order chi connectivity index (χ1) is 9.99. The van der Waals surface area contributed by atoms with Crippen LogP contribution >= 0.6 is 0 Å². The fourth-order valence-corrected chi connectivity index (χ4v) is 2.86. The van der Waals surface area contributed by atoms with E-state index < -0.39 is 5.82 Å². The largest absolute Gasteiger partial charge is 0.304 e. The Kier molecular flexibility index (Phi) is 5.64. The Morgan fingerprint density at radius 2 is 2.10 bits per heavy atom. The molecule has 0 radical (unpaired) electrons. The highest BCUT2D eigenvalue weighted by Crippen LogP contribution is 2.17. The summed E-state index contributed by atoms with van der Waals surface area (Å²) in [6.07, 6.45) is 1.18. The first-order valence-corrected chi connectivity index (χ1v) is 7.28. The summed E-state index contributed by atoms with van der Waals surface area (Å²) in [4.78, 5) is 4.58. The summed E-state index contributed by atoms with van der Waals surface area (Å²) in [6, 6.07) is 3.82. The Bertz CT molecular complexity index is 469. The van der Waals surface area contributed by atoms with Crippen LogP contribution in [0, 0.1) is 11.6 Å². The van der Waals surface area contributed by atoms with Gasteiger partial charge in [-0.1, -0.05) is 0 Å². The Hall–Kier alpha value is -1.08. The van der Waals surface area contributed by atoms with Gasteiger partial charge in [0.05, 0.1) is 0 Å². The fourth-order valence-electron chi connectivity index (χ4n) is 2.86. The SMILES string of the molecule is CN1CCN(C)C(CC(Cc2cc(F)ccc2F)NN)C1. The molecule has 4 nitrogen and oxygen atoms in total. The lowest BCUT2D eigenvalue weighted by Gasteiger charge is -2.39. The number of benzene rings is 1. The van der Waals surface area contributed by atoms with Crippen LogP contribution in [0.2, 0.25) is 0 Å². The number of hydrazine groups is 1. The molecule has 1 aliphatic heterocycles. The van der Waals surface area contributed by atoms with E-state index in [0.717, 1.165) is 32.1 Å². The third-order valence-corrected chi connectivity index (χ3v) is 4.25. The molecule has 2 unspecified atom stereocenters. The predicted molar refractivity (Wildman–Crippen MR) is 79.7 cm³/mol. The van der Waals surface area contributed by atoms with Gasteiger partial charge in [0.1, 0.15) is 11.6 Å². The molecule has 0 amide bonds. The Morgan fingerprint density at radius 3 is 2.81 bits per heavy atom. The number of likely N-dealkylation sites (N-methyl/N-ethyl adjacent to an activating group) is 2. The van der Waals surface area contributed by atoms with Crippen LogP contribution in [0.1, 0.15) is 12.0 Å². The van der Waals surface area contributed by atoms with Crippen molar-refractivity contribution < 1.29 is 8.78 Å². The van der Waals surface area contributed by atoms with Crippen LogP contribution in [-0.2, 0) is 6.42 Å². The van der Waals surface area contributed by atoms with E-state index in [1.807, 2.05) is 0 Å². The highest BCUT2D eigenvalue weighted by molar-refractivity contribution is 5.19. The van der Waals surface area contributed by atoms with Gasteiger partial charge in [0.2, 0.25) is 0 Å². The minimum absolute atomic E-state index is 0.0831. The molecule has 21 heavy (non-hydrogen) atoms. The molecular formula is C15H24F2N4. The van der Waals surface area contributed by atoms with Crippen LogP contribution in [0.4, 0.5) is 8.78 Å². The molecule has 1 saturated heterocycles. The molecule has 1 aliphatic rings. The van der Waals surface area contributed by atoms with E-state index in [4.69, 9.17) is 5.84 Å². The Labute approximate surface area is 124 Å². The van der Waals surface area contributed by atoms with Gasteiger partial charge in [-0.25, -0.2) is 8.78 Å². The standard InChI is InChI=1S/C15H24F2N4/c1-20-5-6-21(2)14(10-20)9-13(19-18)8-11-7-12(16)3-4-15(11)17/h3-4,7,13-14,19H,5-6,8-10,18H2,1-2H3. The van der Waals surface area contributed by atoms with Crippen molar-refractivity contribution >= 4 is 0 Å². The first kappa shape index (κ1) is 16.3. The zero-order valence-corrected chi connectivity index (χ0v) is 12.6. The molecule has 1 heterocycles. The lowest BCUT2D eigenvalue weighted by Crippen LogP contribution is -2.53. The van der Waals surface area contributed by atoms with Crippen LogP contribution < -0.4 is 11.3 Å². The number of hydrogen-bond acceptors (Lipinski definition) is 4. The van der Waals surface area contributed by atoms with Crippen molar-refractivity contribution in [2.24, 2.45) is 5.84 Å². The zero-order chi connectivity index (χ0) is 15.4. The molecule has 2 atom stereocenters. The van der Waals surface area contributed by atoms with E-state index in [1.165, 1.54) is 12.1 Å². The quantitative estimate of drug-likeness (QED) is 0.628. The topological polar surface area (TPSA) is 44.5 Å². The normalized spacial score (nSPS) is 22.4. The maximum atomic E-state index is 13.7. The van der Waals surface area contributed by atoms with Crippen molar-refractivity contribution in [1.82, 2.24) is 15.2 Å². The van der Waals surface area contributed by atoms with Crippen molar-refractivity contribution in [3.63, 3.8) is 0 Å². The van der Waals surface area contributed by atoms with Crippen LogP contribution in [0.5, 0.6) is 0 Å². The molecule has 1 aromatic carbocycles. The molecule has 0 aromatic heterocycles. The number of hydrogen-bond donors (Lipinski definition) is 2. The lowest BCUT2D eigenvalue weighted by atomic mass is 9.97. The lowest BCUT2D eigenvalue weighted by molar-refractivity contribution is 0.101. The van der Waals surface area contributed by atoms with Gasteiger partial charge in [-0.15, -0.1) is 0 Å². The van der Waals surface area contributed by atoms with E-state index in [9.17, 15) is 8.78 Å². The van der Waals surface area contributed by atoms with Gasteiger partial charge in [-0.2, -0.15) is 0 Å². The molecular weight excluding hydrogens is 274 g/mol. The smallest absolute Gasteiger partial charge is 0.126 e. The van der Waals surface area contributed by atoms with Gasteiger partial charge >= 0.3 is 0 Å². The predicted octanol–water partition coefficient (Wildman–Crippen LogP) is 0.975. The molecule has 0 aliphatic carbocycles. The Morgan fingerprint density at radius 1 is 1.33 bits per heavy atom. The fraction of sp³-hybridized carbons (Fsp3) is 0.600. The van der Waals surface area contributed by atoms with E-state index in [-0.39, 0.29) is 11.9 Å². The van der Waals surface area contributed by atoms with Crippen LogP contribution in [0.3, 0.4) is 0 Å². The number of piperazine rings is 1. The minimum atomic E-state index is -0.420. The van der Waals surface area contributed by atoms with Crippen LogP contribution in [-0.4, -0.2) is 55.6 Å². The van der Waals surface area contributed by atoms with Crippen LogP contribution in [0.25, 0.3) is 0 Å². The molecule has 2 rings (SSSR count). The molecule has 1 fully saturated rings.